The first-order chi connectivity index (χ1) is 9.06. The fourth-order valence-electron chi connectivity index (χ4n) is 3.47. The van der Waals surface area contributed by atoms with Crippen LogP contribution in [0.2, 0.25) is 0 Å². The van der Waals surface area contributed by atoms with E-state index in [0.717, 1.165) is 26.4 Å². The highest BCUT2D eigenvalue weighted by Crippen LogP contribution is 2.52. The van der Waals surface area contributed by atoms with Gasteiger partial charge in [0.05, 0.1) is 31.8 Å². The van der Waals surface area contributed by atoms with Crippen LogP contribution in [0.25, 0.3) is 0 Å². The number of hydrogen-bond acceptors (Lipinski definition) is 3. The summed E-state index contributed by atoms with van der Waals surface area (Å²) < 4.78 is 11.1. The lowest BCUT2D eigenvalue weighted by atomic mass is 9.56. The van der Waals surface area contributed by atoms with Crippen molar-refractivity contribution in [2.75, 3.05) is 33.0 Å². The Morgan fingerprint density at radius 1 is 1.00 bits per heavy atom. The van der Waals surface area contributed by atoms with Gasteiger partial charge in [-0.2, -0.15) is 0 Å². The van der Waals surface area contributed by atoms with Crippen LogP contribution in [0.15, 0.2) is 12.1 Å². The highest BCUT2D eigenvalue weighted by Gasteiger charge is 2.60. The predicted octanol–water partition coefficient (Wildman–Crippen LogP) is 1.86. The lowest BCUT2D eigenvalue weighted by molar-refractivity contribution is -0.224. The van der Waals surface area contributed by atoms with Crippen LogP contribution in [0.3, 0.4) is 0 Å². The largest absolute Gasteiger partial charge is 0.380 e. The molecule has 2 aliphatic rings. The van der Waals surface area contributed by atoms with Crippen molar-refractivity contribution in [2.45, 2.75) is 26.2 Å². The minimum absolute atomic E-state index is 0.0581. The molecular weight excluding hydrogens is 238 g/mol. The van der Waals surface area contributed by atoms with E-state index >= 15 is 0 Å². The van der Waals surface area contributed by atoms with Gasteiger partial charge in [-0.3, -0.25) is 0 Å². The van der Waals surface area contributed by atoms with Crippen LogP contribution in [0, 0.1) is 26.2 Å². The number of rotatable bonds is 3. The topological polar surface area (TPSA) is 44.5 Å². The molecule has 1 aromatic carbocycles. The van der Waals surface area contributed by atoms with Gasteiger partial charge in [0, 0.05) is 12.0 Å². The Morgan fingerprint density at radius 2 is 1.63 bits per heavy atom. The standard InChI is InChI=1S/C16H23NO2/c1-11-4-5-14(13(3)12(11)2)16(9-19-10-16)15(6-17)7-18-8-15/h4-5H,6-10,17H2,1-3H3. The number of ether oxygens (including phenoxy) is 2. The number of aryl methyl sites for hydroxylation is 1. The Bertz CT molecular complexity index is 496. The SMILES string of the molecule is Cc1ccc(C2(C3(CN)COC3)COC2)c(C)c1C. The molecule has 0 aliphatic carbocycles. The van der Waals surface area contributed by atoms with E-state index in [1.165, 1.54) is 22.3 Å². The van der Waals surface area contributed by atoms with E-state index in [4.69, 9.17) is 15.2 Å². The minimum atomic E-state index is 0.0581. The molecule has 0 unspecified atom stereocenters. The molecule has 104 valence electrons. The van der Waals surface area contributed by atoms with Gasteiger partial charge in [0.15, 0.2) is 0 Å². The molecule has 0 aromatic heterocycles. The van der Waals surface area contributed by atoms with Gasteiger partial charge in [-0.15, -0.1) is 0 Å². The van der Waals surface area contributed by atoms with Crippen LogP contribution in [0.4, 0.5) is 0 Å². The molecular formula is C16H23NO2. The third kappa shape index (κ3) is 1.55. The van der Waals surface area contributed by atoms with E-state index in [9.17, 15) is 0 Å². The molecule has 2 fully saturated rings. The van der Waals surface area contributed by atoms with Gasteiger partial charge < -0.3 is 15.2 Å². The maximum absolute atomic E-state index is 6.08. The molecule has 2 saturated heterocycles. The smallest absolute Gasteiger partial charge is 0.0593 e. The maximum Gasteiger partial charge on any atom is 0.0593 e. The number of benzene rings is 1. The molecule has 0 spiro atoms. The Balaban J connectivity index is 2.11. The second-order valence-corrected chi connectivity index (χ2v) is 6.23. The van der Waals surface area contributed by atoms with E-state index in [-0.39, 0.29) is 10.8 Å². The van der Waals surface area contributed by atoms with Gasteiger partial charge in [-0.1, -0.05) is 12.1 Å². The Hall–Kier alpha value is -0.900. The zero-order chi connectivity index (χ0) is 13.7. The maximum atomic E-state index is 6.08. The highest BCUT2D eigenvalue weighted by atomic mass is 16.5. The van der Waals surface area contributed by atoms with Gasteiger partial charge in [0.1, 0.15) is 0 Å². The van der Waals surface area contributed by atoms with Crippen LogP contribution >= 0.6 is 0 Å². The van der Waals surface area contributed by atoms with Crippen LogP contribution in [-0.2, 0) is 14.9 Å². The van der Waals surface area contributed by atoms with Crippen molar-refractivity contribution in [3.8, 4) is 0 Å². The molecule has 3 heteroatoms. The highest BCUT2D eigenvalue weighted by molar-refractivity contribution is 5.46. The second kappa shape index (κ2) is 4.30. The molecule has 19 heavy (non-hydrogen) atoms. The molecule has 3 rings (SSSR count). The Kier molecular flexibility index (Phi) is 2.97. The van der Waals surface area contributed by atoms with Crippen molar-refractivity contribution in [2.24, 2.45) is 11.1 Å². The molecule has 1 aromatic rings. The zero-order valence-electron chi connectivity index (χ0n) is 12.1. The van der Waals surface area contributed by atoms with Crippen molar-refractivity contribution in [1.29, 1.82) is 0 Å². The summed E-state index contributed by atoms with van der Waals surface area (Å²) in [5.41, 5.74) is 11.7. The van der Waals surface area contributed by atoms with E-state index in [1.54, 1.807) is 0 Å². The van der Waals surface area contributed by atoms with Gasteiger partial charge in [0.25, 0.3) is 0 Å². The van der Waals surface area contributed by atoms with Crippen LogP contribution in [0.5, 0.6) is 0 Å². The first-order valence-corrected chi connectivity index (χ1v) is 6.99. The first kappa shape index (κ1) is 13.1. The quantitative estimate of drug-likeness (QED) is 0.903. The number of hydrogen-bond donors (Lipinski definition) is 1. The average molecular weight is 261 g/mol. The third-order valence-electron chi connectivity index (χ3n) is 5.43. The summed E-state index contributed by atoms with van der Waals surface area (Å²) in [5.74, 6) is 0. The van der Waals surface area contributed by atoms with E-state index in [0.29, 0.717) is 6.54 Å². The predicted molar refractivity (Wildman–Crippen MR) is 75.5 cm³/mol. The van der Waals surface area contributed by atoms with Crippen molar-refractivity contribution in [3.63, 3.8) is 0 Å². The summed E-state index contributed by atoms with van der Waals surface area (Å²) >= 11 is 0. The lowest BCUT2D eigenvalue weighted by Crippen LogP contribution is -2.69. The molecule has 0 atom stereocenters. The molecule has 2 heterocycles. The summed E-state index contributed by atoms with van der Waals surface area (Å²) in [4.78, 5) is 0. The molecule has 0 saturated carbocycles. The van der Waals surface area contributed by atoms with E-state index in [1.807, 2.05) is 0 Å². The minimum Gasteiger partial charge on any atom is -0.380 e. The Labute approximate surface area is 115 Å². The summed E-state index contributed by atoms with van der Waals surface area (Å²) in [6.07, 6.45) is 0. The molecule has 2 aliphatic heterocycles. The fraction of sp³-hybridized carbons (Fsp3) is 0.625. The van der Waals surface area contributed by atoms with Crippen LogP contribution < -0.4 is 5.73 Å². The first-order valence-electron chi connectivity index (χ1n) is 6.99. The van der Waals surface area contributed by atoms with Crippen molar-refractivity contribution in [3.05, 3.63) is 34.4 Å². The van der Waals surface area contributed by atoms with Crippen molar-refractivity contribution >= 4 is 0 Å². The zero-order valence-corrected chi connectivity index (χ0v) is 12.1. The molecule has 0 bridgehead atoms. The van der Waals surface area contributed by atoms with Crippen molar-refractivity contribution in [1.82, 2.24) is 0 Å². The Morgan fingerprint density at radius 3 is 2.05 bits per heavy atom. The van der Waals surface area contributed by atoms with Crippen LogP contribution in [-0.4, -0.2) is 33.0 Å². The third-order valence-corrected chi connectivity index (χ3v) is 5.43. The van der Waals surface area contributed by atoms with E-state index in [2.05, 4.69) is 32.9 Å². The summed E-state index contributed by atoms with van der Waals surface area (Å²) in [6.45, 7) is 10.3. The van der Waals surface area contributed by atoms with Gasteiger partial charge in [0.2, 0.25) is 0 Å². The normalized spacial score (nSPS) is 23.6. The summed E-state index contributed by atoms with van der Waals surface area (Å²) in [5, 5.41) is 0. The van der Waals surface area contributed by atoms with Gasteiger partial charge in [-0.05, 0) is 43.0 Å². The monoisotopic (exact) mass is 261 g/mol. The van der Waals surface area contributed by atoms with Gasteiger partial charge >= 0.3 is 0 Å². The molecule has 3 nitrogen and oxygen atoms in total. The lowest BCUT2D eigenvalue weighted by Gasteiger charge is -2.59. The summed E-state index contributed by atoms with van der Waals surface area (Å²) in [6, 6.07) is 4.50. The van der Waals surface area contributed by atoms with Crippen LogP contribution in [0.1, 0.15) is 22.3 Å². The number of nitrogens with two attached hydrogens (primary N) is 1. The average Bonchev–Trinajstić information content (AvgIpc) is 2.30. The second-order valence-electron chi connectivity index (χ2n) is 6.23. The molecule has 0 radical (unpaired) electrons. The van der Waals surface area contributed by atoms with E-state index < -0.39 is 0 Å². The molecule has 0 amide bonds. The fourth-order valence-corrected chi connectivity index (χ4v) is 3.47. The summed E-state index contributed by atoms with van der Waals surface area (Å²) in [7, 11) is 0. The molecule has 2 N–H and O–H groups in total. The van der Waals surface area contributed by atoms with Gasteiger partial charge in [-0.25, -0.2) is 0 Å². The van der Waals surface area contributed by atoms with Crippen molar-refractivity contribution < 1.29 is 9.47 Å².